The van der Waals surface area contributed by atoms with Crippen LogP contribution in [0.5, 0.6) is 0 Å². The first-order valence-electron chi connectivity index (χ1n) is 6.90. The van der Waals surface area contributed by atoms with Gasteiger partial charge in [-0.25, -0.2) is 4.98 Å². The average molecular weight is 318 g/mol. The maximum atomic E-state index is 11.8. The van der Waals surface area contributed by atoms with Gasteiger partial charge in [0.1, 0.15) is 0 Å². The summed E-state index contributed by atoms with van der Waals surface area (Å²) in [6, 6.07) is 7.17. The number of hydrogen-bond donors (Lipinski definition) is 1. The van der Waals surface area contributed by atoms with Crippen molar-refractivity contribution in [3.63, 3.8) is 0 Å². The highest BCUT2D eigenvalue weighted by Gasteiger charge is 2.08. The van der Waals surface area contributed by atoms with Crippen molar-refractivity contribution in [1.29, 1.82) is 0 Å². The maximum Gasteiger partial charge on any atom is 0.254 e. The van der Waals surface area contributed by atoms with Crippen molar-refractivity contribution in [2.45, 2.75) is 18.5 Å². The number of aryl methyl sites for hydroxylation is 1. The number of thioether (sulfide) groups is 1. The van der Waals surface area contributed by atoms with Crippen LogP contribution in [-0.2, 0) is 18.3 Å². The van der Waals surface area contributed by atoms with E-state index in [9.17, 15) is 9.59 Å². The Labute approximate surface area is 133 Å². The van der Waals surface area contributed by atoms with Crippen LogP contribution in [-0.4, -0.2) is 32.7 Å². The molecule has 22 heavy (non-hydrogen) atoms. The number of nitrogens with one attached hydrogen (secondary N) is 1. The summed E-state index contributed by atoms with van der Waals surface area (Å²) in [7, 11) is 1.65. The van der Waals surface area contributed by atoms with E-state index in [4.69, 9.17) is 0 Å². The molecule has 0 aliphatic rings. The van der Waals surface area contributed by atoms with Crippen LogP contribution in [0.15, 0.2) is 40.4 Å². The van der Waals surface area contributed by atoms with Crippen LogP contribution in [0.1, 0.15) is 11.4 Å². The minimum absolute atomic E-state index is 0.0864. The second kappa shape index (κ2) is 7.74. The average Bonchev–Trinajstić information content (AvgIpc) is 2.50. The summed E-state index contributed by atoms with van der Waals surface area (Å²) >= 11 is 1.25. The van der Waals surface area contributed by atoms with Crippen molar-refractivity contribution in [2.24, 2.45) is 7.05 Å². The molecule has 1 N–H and O–H groups in total. The molecule has 6 nitrogen and oxygen atoms in total. The molecule has 0 atom stereocenters. The van der Waals surface area contributed by atoms with Gasteiger partial charge in [-0.2, -0.15) is 0 Å². The summed E-state index contributed by atoms with van der Waals surface area (Å²) in [6.07, 6.45) is 2.43. The molecular weight excluding hydrogens is 300 g/mol. The van der Waals surface area contributed by atoms with Gasteiger partial charge in [0.25, 0.3) is 5.56 Å². The van der Waals surface area contributed by atoms with E-state index in [-0.39, 0.29) is 17.2 Å². The summed E-state index contributed by atoms with van der Waals surface area (Å²) in [4.78, 5) is 31.9. The highest BCUT2D eigenvalue weighted by molar-refractivity contribution is 7.99. The molecule has 1 amide bonds. The number of aromatic nitrogens is 3. The van der Waals surface area contributed by atoms with Gasteiger partial charge in [-0.1, -0.05) is 17.8 Å². The summed E-state index contributed by atoms with van der Waals surface area (Å²) in [6.45, 7) is 2.30. The Morgan fingerprint density at radius 3 is 2.95 bits per heavy atom. The molecule has 0 radical (unpaired) electrons. The molecule has 0 bridgehead atoms. The minimum Gasteiger partial charge on any atom is -0.355 e. The van der Waals surface area contributed by atoms with Gasteiger partial charge in [0.2, 0.25) is 5.91 Å². The molecule has 2 aromatic heterocycles. The molecule has 0 saturated carbocycles. The van der Waals surface area contributed by atoms with Gasteiger partial charge in [-0.05, 0) is 19.1 Å². The Hall–Kier alpha value is -2.15. The highest BCUT2D eigenvalue weighted by atomic mass is 32.2. The standard InChI is InChI=1S/C15H18N4O2S/c1-11-9-14(21)19(2)15(18-11)22-10-13(20)17-8-6-12-5-3-4-7-16-12/h3-5,7,9H,6,8,10H2,1-2H3,(H,17,20). The zero-order chi connectivity index (χ0) is 15.9. The monoisotopic (exact) mass is 318 g/mol. The second-order valence-corrected chi connectivity index (χ2v) is 5.73. The third kappa shape index (κ3) is 4.70. The topological polar surface area (TPSA) is 76.9 Å². The molecule has 2 rings (SSSR count). The Morgan fingerprint density at radius 1 is 1.41 bits per heavy atom. The summed E-state index contributed by atoms with van der Waals surface area (Å²) < 4.78 is 1.44. The van der Waals surface area contributed by atoms with Gasteiger partial charge < -0.3 is 5.32 Å². The predicted molar refractivity (Wildman–Crippen MR) is 85.9 cm³/mol. The molecule has 0 aliphatic heterocycles. The summed E-state index contributed by atoms with van der Waals surface area (Å²) in [5.74, 6) is 0.142. The van der Waals surface area contributed by atoms with Crippen LogP contribution >= 0.6 is 11.8 Å². The van der Waals surface area contributed by atoms with E-state index in [1.165, 1.54) is 22.4 Å². The van der Waals surface area contributed by atoms with Crippen LogP contribution < -0.4 is 10.9 Å². The van der Waals surface area contributed by atoms with E-state index in [2.05, 4.69) is 15.3 Å². The van der Waals surface area contributed by atoms with Crippen molar-refractivity contribution in [3.8, 4) is 0 Å². The fourth-order valence-electron chi connectivity index (χ4n) is 1.81. The van der Waals surface area contributed by atoms with Crippen LogP contribution in [0.2, 0.25) is 0 Å². The van der Waals surface area contributed by atoms with E-state index in [1.807, 2.05) is 18.2 Å². The van der Waals surface area contributed by atoms with Crippen LogP contribution in [0.4, 0.5) is 0 Å². The summed E-state index contributed by atoms with van der Waals surface area (Å²) in [5.41, 5.74) is 1.48. The zero-order valence-electron chi connectivity index (χ0n) is 12.6. The molecule has 0 spiro atoms. The van der Waals surface area contributed by atoms with Gasteiger partial charge in [0.15, 0.2) is 5.16 Å². The van der Waals surface area contributed by atoms with Crippen LogP contribution in [0.25, 0.3) is 0 Å². The molecule has 2 heterocycles. The fraction of sp³-hybridized carbons (Fsp3) is 0.333. The van der Waals surface area contributed by atoms with E-state index in [0.29, 0.717) is 23.8 Å². The quantitative estimate of drug-likeness (QED) is 0.633. The number of carbonyl (C=O) groups excluding carboxylic acids is 1. The highest BCUT2D eigenvalue weighted by Crippen LogP contribution is 2.12. The maximum absolute atomic E-state index is 11.8. The van der Waals surface area contributed by atoms with Gasteiger partial charge >= 0.3 is 0 Å². The fourth-order valence-corrected chi connectivity index (χ4v) is 2.67. The lowest BCUT2D eigenvalue weighted by Gasteiger charge is -2.08. The molecule has 116 valence electrons. The molecular formula is C15H18N4O2S. The van der Waals surface area contributed by atoms with E-state index < -0.39 is 0 Å². The SMILES string of the molecule is Cc1cc(=O)n(C)c(SCC(=O)NCCc2ccccn2)n1. The van der Waals surface area contributed by atoms with Gasteiger partial charge in [-0.3, -0.25) is 19.1 Å². The van der Waals surface area contributed by atoms with Crippen LogP contribution in [0, 0.1) is 6.92 Å². The lowest BCUT2D eigenvalue weighted by Crippen LogP contribution is -2.28. The third-order valence-corrected chi connectivity index (χ3v) is 4.01. The first-order chi connectivity index (χ1) is 10.6. The normalized spacial score (nSPS) is 10.5. The van der Waals surface area contributed by atoms with Crippen molar-refractivity contribution in [1.82, 2.24) is 19.9 Å². The van der Waals surface area contributed by atoms with Crippen molar-refractivity contribution in [3.05, 3.63) is 52.2 Å². The molecule has 0 fully saturated rings. The van der Waals surface area contributed by atoms with Gasteiger partial charge in [-0.15, -0.1) is 0 Å². The third-order valence-electron chi connectivity index (χ3n) is 2.98. The molecule has 0 saturated heterocycles. The van der Waals surface area contributed by atoms with E-state index >= 15 is 0 Å². The Morgan fingerprint density at radius 2 is 2.23 bits per heavy atom. The Balaban J connectivity index is 1.80. The van der Waals surface area contributed by atoms with Crippen molar-refractivity contribution in [2.75, 3.05) is 12.3 Å². The van der Waals surface area contributed by atoms with Crippen molar-refractivity contribution < 1.29 is 4.79 Å². The molecule has 0 unspecified atom stereocenters. The smallest absolute Gasteiger partial charge is 0.254 e. The first kappa shape index (κ1) is 16.2. The Bertz CT molecular complexity index is 700. The van der Waals surface area contributed by atoms with Crippen LogP contribution in [0.3, 0.4) is 0 Å². The van der Waals surface area contributed by atoms with E-state index in [0.717, 1.165) is 5.69 Å². The summed E-state index contributed by atoms with van der Waals surface area (Å²) in [5, 5.41) is 3.38. The largest absolute Gasteiger partial charge is 0.355 e. The van der Waals surface area contributed by atoms with Gasteiger partial charge in [0.05, 0.1) is 5.75 Å². The number of nitrogens with zero attached hydrogens (tertiary/aromatic N) is 3. The lowest BCUT2D eigenvalue weighted by molar-refractivity contribution is -0.118. The number of rotatable bonds is 6. The molecule has 2 aromatic rings. The predicted octanol–water partition coefficient (Wildman–Crippen LogP) is 0.935. The second-order valence-electron chi connectivity index (χ2n) is 4.79. The Kier molecular flexibility index (Phi) is 5.71. The first-order valence-corrected chi connectivity index (χ1v) is 7.89. The van der Waals surface area contributed by atoms with Crippen molar-refractivity contribution >= 4 is 17.7 Å². The number of pyridine rings is 1. The van der Waals surface area contributed by atoms with Gasteiger partial charge in [0, 0.05) is 43.7 Å². The number of carbonyl (C=O) groups is 1. The molecule has 0 aliphatic carbocycles. The number of amides is 1. The molecule has 7 heteroatoms. The van der Waals surface area contributed by atoms with E-state index in [1.54, 1.807) is 20.2 Å². The lowest BCUT2D eigenvalue weighted by atomic mass is 10.3. The zero-order valence-corrected chi connectivity index (χ0v) is 13.4. The number of hydrogen-bond acceptors (Lipinski definition) is 5. The molecule has 0 aromatic carbocycles. The minimum atomic E-state index is -0.120.